The number of carboxylic acid groups (broad SMARTS) is 1. The van der Waals surface area contributed by atoms with Crippen LogP contribution in [0.2, 0.25) is 5.02 Å². The van der Waals surface area contributed by atoms with Crippen LogP contribution >= 0.6 is 11.6 Å². The Hall–Kier alpha value is -2.47. The number of anilines is 2. The molecule has 6 nitrogen and oxygen atoms in total. The second kappa shape index (κ2) is 6.32. The Balaban J connectivity index is 2.34. The highest BCUT2D eigenvalue weighted by molar-refractivity contribution is 6.33. The number of carbonyl (C=O) groups is 1. The molecule has 2 rings (SSSR count). The molecule has 2 N–H and O–H groups in total. The topological polar surface area (TPSA) is 80.7 Å². The van der Waals surface area contributed by atoms with E-state index in [4.69, 9.17) is 26.2 Å². The molecule has 0 bridgehead atoms. The lowest BCUT2D eigenvalue weighted by Crippen LogP contribution is -2.04. The Labute approximate surface area is 126 Å². The van der Waals surface area contributed by atoms with E-state index in [1.54, 1.807) is 31.4 Å². The molecule has 7 heteroatoms. The van der Waals surface area contributed by atoms with E-state index in [9.17, 15) is 4.79 Å². The SMILES string of the molecule is COc1ccc(Nc2ccc(Cl)c(C(=O)O)n2)c(OC)c1. The van der Waals surface area contributed by atoms with Crippen molar-refractivity contribution in [3.63, 3.8) is 0 Å². The van der Waals surface area contributed by atoms with Gasteiger partial charge in [0.25, 0.3) is 0 Å². The molecule has 0 radical (unpaired) electrons. The van der Waals surface area contributed by atoms with Gasteiger partial charge in [-0.15, -0.1) is 0 Å². The van der Waals surface area contributed by atoms with Gasteiger partial charge in [0.15, 0.2) is 5.69 Å². The first-order valence-corrected chi connectivity index (χ1v) is 6.32. The van der Waals surface area contributed by atoms with Gasteiger partial charge in [0.05, 0.1) is 24.9 Å². The van der Waals surface area contributed by atoms with Crippen LogP contribution in [0.3, 0.4) is 0 Å². The van der Waals surface area contributed by atoms with Crippen LogP contribution in [-0.4, -0.2) is 30.3 Å². The van der Waals surface area contributed by atoms with Gasteiger partial charge in [-0.05, 0) is 24.3 Å². The predicted octanol–water partition coefficient (Wildman–Crippen LogP) is 3.19. The Morgan fingerprint density at radius 3 is 2.62 bits per heavy atom. The number of ether oxygens (including phenoxy) is 2. The maximum atomic E-state index is 11.0. The molecule has 1 aromatic carbocycles. The number of hydrogen-bond donors (Lipinski definition) is 2. The summed E-state index contributed by atoms with van der Waals surface area (Å²) in [4.78, 5) is 15.0. The van der Waals surface area contributed by atoms with Gasteiger partial charge in [0, 0.05) is 6.07 Å². The van der Waals surface area contributed by atoms with Crippen molar-refractivity contribution in [2.75, 3.05) is 19.5 Å². The Morgan fingerprint density at radius 1 is 1.24 bits per heavy atom. The monoisotopic (exact) mass is 308 g/mol. The third-order valence-electron chi connectivity index (χ3n) is 2.72. The van der Waals surface area contributed by atoms with Crippen LogP contribution in [0, 0.1) is 0 Å². The molecule has 0 saturated carbocycles. The summed E-state index contributed by atoms with van der Waals surface area (Å²) < 4.78 is 10.4. The van der Waals surface area contributed by atoms with Crippen LogP contribution in [0.15, 0.2) is 30.3 Å². The van der Waals surface area contributed by atoms with Gasteiger partial charge in [0.1, 0.15) is 17.3 Å². The molecular weight excluding hydrogens is 296 g/mol. The molecule has 0 saturated heterocycles. The molecule has 0 fully saturated rings. The van der Waals surface area contributed by atoms with E-state index < -0.39 is 5.97 Å². The summed E-state index contributed by atoms with van der Waals surface area (Å²) >= 11 is 5.78. The fraction of sp³-hybridized carbons (Fsp3) is 0.143. The molecule has 21 heavy (non-hydrogen) atoms. The zero-order chi connectivity index (χ0) is 15.4. The first-order valence-electron chi connectivity index (χ1n) is 5.94. The molecule has 110 valence electrons. The van der Waals surface area contributed by atoms with Gasteiger partial charge >= 0.3 is 5.97 Å². The lowest BCUT2D eigenvalue weighted by atomic mass is 10.2. The molecule has 0 amide bonds. The van der Waals surface area contributed by atoms with Crippen molar-refractivity contribution >= 4 is 29.1 Å². The predicted molar refractivity (Wildman–Crippen MR) is 79.0 cm³/mol. The minimum atomic E-state index is -1.19. The number of aromatic carboxylic acids is 1. The highest BCUT2D eigenvalue weighted by Crippen LogP contribution is 2.31. The van der Waals surface area contributed by atoms with E-state index >= 15 is 0 Å². The van der Waals surface area contributed by atoms with Gasteiger partial charge < -0.3 is 19.9 Å². The highest BCUT2D eigenvalue weighted by Gasteiger charge is 2.12. The third kappa shape index (κ3) is 3.35. The average Bonchev–Trinajstić information content (AvgIpc) is 2.49. The molecule has 1 aromatic heterocycles. The van der Waals surface area contributed by atoms with Gasteiger partial charge in [-0.25, -0.2) is 9.78 Å². The van der Waals surface area contributed by atoms with E-state index in [-0.39, 0.29) is 10.7 Å². The Bertz CT molecular complexity index is 676. The molecule has 0 unspecified atom stereocenters. The molecule has 0 spiro atoms. The van der Waals surface area contributed by atoms with E-state index in [0.717, 1.165) is 0 Å². The molecular formula is C14H13ClN2O4. The lowest BCUT2D eigenvalue weighted by Gasteiger charge is -2.12. The number of methoxy groups -OCH3 is 2. The fourth-order valence-electron chi connectivity index (χ4n) is 1.70. The molecule has 1 heterocycles. The lowest BCUT2D eigenvalue weighted by molar-refractivity contribution is 0.0691. The summed E-state index contributed by atoms with van der Waals surface area (Å²) in [5.74, 6) is 0.348. The quantitative estimate of drug-likeness (QED) is 0.883. The van der Waals surface area contributed by atoms with Crippen LogP contribution in [0.1, 0.15) is 10.5 Å². The number of nitrogens with zero attached hydrogens (tertiary/aromatic N) is 1. The minimum absolute atomic E-state index is 0.0785. The highest BCUT2D eigenvalue weighted by atomic mass is 35.5. The summed E-state index contributed by atoms with van der Waals surface area (Å²) in [5, 5.41) is 12.1. The summed E-state index contributed by atoms with van der Waals surface area (Å²) in [6.45, 7) is 0. The first-order chi connectivity index (χ1) is 10.0. The maximum absolute atomic E-state index is 11.0. The van der Waals surface area contributed by atoms with E-state index in [0.29, 0.717) is 23.0 Å². The van der Waals surface area contributed by atoms with Crippen molar-refractivity contribution in [2.45, 2.75) is 0 Å². The number of halogens is 1. The van der Waals surface area contributed by atoms with E-state index in [1.165, 1.54) is 13.2 Å². The van der Waals surface area contributed by atoms with Crippen LogP contribution in [-0.2, 0) is 0 Å². The summed E-state index contributed by atoms with van der Waals surface area (Å²) in [6.07, 6.45) is 0. The summed E-state index contributed by atoms with van der Waals surface area (Å²) in [5.41, 5.74) is 0.415. The normalized spacial score (nSPS) is 10.0. The smallest absolute Gasteiger partial charge is 0.356 e. The van der Waals surface area contributed by atoms with Crippen LogP contribution in [0.5, 0.6) is 11.5 Å². The van der Waals surface area contributed by atoms with Gasteiger partial charge in [-0.1, -0.05) is 11.6 Å². The van der Waals surface area contributed by atoms with Crippen molar-refractivity contribution < 1.29 is 19.4 Å². The van der Waals surface area contributed by atoms with Crippen molar-refractivity contribution in [3.05, 3.63) is 41.0 Å². The van der Waals surface area contributed by atoms with Gasteiger partial charge in [-0.2, -0.15) is 0 Å². The standard InChI is InChI=1S/C14H13ClN2O4/c1-20-8-3-5-10(11(7-8)21-2)16-12-6-4-9(15)13(17-12)14(18)19/h3-7H,1-2H3,(H,16,17)(H,18,19). The zero-order valence-electron chi connectivity index (χ0n) is 11.4. The number of hydrogen-bond acceptors (Lipinski definition) is 5. The third-order valence-corrected chi connectivity index (χ3v) is 3.03. The fourth-order valence-corrected chi connectivity index (χ4v) is 1.89. The van der Waals surface area contributed by atoms with Crippen molar-refractivity contribution in [1.29, 1.82) is 0 Å². The molecule has 0 aliphatic rings. The number of pyridine rings is 1. The second-order valence-corrected chi connectivity index (χ2v) is 4.43. The largest absolute Gasteiger partial charge is 0.497 e. The van der Waals surface area contributed by atoms with Crippen LogP contribution < -0.4 is 14.8 Å². The maximum Gasteiger partial charge on any atom is 0.356 e. The minimum Gasteiger partial charge on any atom is -0.497 e. The number of nitrogens with one attached hydrogen (secondary N) is 1. The summed E-state index contributed by atoms with van der Waals surface area (Å²) in [6, 6.07) is 8.25. The van der Waals surface area contributed by atoms with E-state index in [1.807, 2.05) is 0 Å². The average molecular weight is 309 g/mol. The summed E-state index contributed by atoms with van der Waals surface area (Å²) in [7, 11) is 3.08. The molecule has 0 atom stereocenters. The van der Waals surface area contributed by atoms with E-state index in [2.05, 4.69) is 10.3 Å². The molecule has 0 aliphatic heterocycles. The van der Waals surface area contributed by atoms with Crippen molar-refractivity contribution in [1.82, 2.24) is 4.98 Å². The number of rotatable bonds is 5. The Morgan fingerprint density at radius 2 is 2.00 bits per heavy atom. The zero-order valence-corrected chi connectivity index (χ0v) is 12.1. The molecule has 0 aliphatic carbocycles. The van der Waals surface area contributed by atoms with Crippen molar-refractivity contribution in [2.24, 2.45) is 0 Å². The second-order valence-electron chi connectivity index (χ2n) is 4.02. The number of carboxylic acids is 1. The van der Waals surface area contributed by atoms with Gasteiger partial charge in [0.2, 0.25) is 0 Å². The number of benzene rings is 1. The van der Waals surface area contributed by atoms with Crippen LogP contribution in [0.4, 0.5) is 11.5 Å². The number of aromatic nitrogens is 1. The van der Waals surface area contributed by atoms with Crippen LogP contribution in [0.25, 0.3) is 0 Å². The molecule has 2 aromatic rings. The van der Waals surface area contributed by atoms with Crippen molar-refractivity contribution in [3.8, 4) is 11.5 Å². The first kappa shape index (κ1) is 14.9. The van der Waals surface area contributed by atoms with Gasteiger partial charge in [-0.3, -0.25) is 0 Å². The Kier molecular flexibility index (Phi) is 4.49.